The molecule has 1 saturated carbocycles. The molecular formula is C24H28F3N5O4. The summed E-state index contributed by atoms with van der Waals surface area (Å²) >= 11 is 0. The monoisotopic (exact) mass is 507 g/mol. The van der Waals surface area contributed by atoms with E-state index in [-0.39, 0.29) is 35.2 Å². The Labute approximate surface area is 206 Å². The highest BCUT2D eigenvalue weighted by Gasteiger charge is 2.40. The van der Waals surface area contributed by atoms with Gasteiger partial charge < -0.3 is 25.4 Å². The van der Waals surface area contributed by atoms with E-state index < -0.39 is 29.4 Å². The number of alkyl halides is 3. The number of nitrogens with zero attached hydrogens (tertiary/aromatic N) is 3. The first-order valence-corrected chi connectivity index (χ1v) is 11.6. The molecule has 2 aromatic heterocycles. The Morgan fingerprint density at radius 3 is 2.64 bits per heavy atom. The second-order valence-electron chi connectivity index (χ2n) is 9.59. The zero-order valence-electron chi connectivity index (χ0n) is 20.1. The first kappa shape index (κ1) is 25.5. The topological polar surface area (TPSA) is 117 Å². The van der Waals surface area contributed by atoms with Gasteiger partial charge in [0.1, 0.15) is 5.69 Å². The predicted molar refractivity (Wildman–Crippen MR) is 125 cm³/mol. The highest BCUT2D eigenvalue weighted by molar-refractivity contribution is 6.04. The number of amides is 2. The van der Waals surface area contributed by atoms with Crippen molar-refractivity contribution in [3.63, 3.8) is 0 Å². The first-order valence-electron chi connectivity index (χ1n) is 11.6. The average molecular weight is 508 g/mol. The normalized spacial score (nSPS) is 20.7. The van der Waals surface area contributed by atoms with Gasteiger partial charge in [0.15, 0.2) is 0 Å². The van der Waals surface area contributed by atoms with Crippen LogP contribution in [0.3, 0.4) is 0 Å². The molecule has 2 atom stereocenters. The molecule has 0 bridgehead atoms. The van der Waals surface area contributed by atoms with Crippen molar-refractivity contribution in [1.82, 2.24) is 20.6 Å². The second-order valence-corrected chi connectivity index (χ2v) is 9.59. The number of hydrogen-bond donors (Lipinski definition) is 3. The van der Waals surface area contributed by atoms with Crippen LogP contribution < -0.4 is 20.3 Å². The molecule has 36 heavy (non-hydrogen) atoms. The number of hydrogen-bond acceptors (Lipinski definition) is 6. The molecule has 0 radical (unpaired) electrons. The Balaban J connectivity index is 1.86. The van der Waals surface area contributed by atoms with Crippen molar-refractivity contribution in [3.05, 3.63) is 35.8 Å². The molecule has 4 rings (SSSR count). The summed E-state index contributed by atoms with van der Waals surface area (Å²) in [6, 6.07) is 2.21. The summed E-state index contributed by atoms with van der Waals surface area (Å²) in [6.07, 6.45) is -1.02. The summed E-state index contributed by atoms with van der Waals surface area (Å²) in [4.78, 5) is 34.2. The molecule has 3 heterocycles. The van der Waals surface area contributed by atoms with Gasteiger partial charge in [0.05, 0.1) is 29.5 Å². The van der Waals surface area contributed by atoms with Gasteiger partial charge in [-0.3, -0.25) is 9.78 Å². The summed E-state index contributed by atoms with van der Waals surface area (Å²) in [6.45, 7) is 4.19. The SMILES string of the molecule is COc1ncc(C(=O)NC(C)C2CC2)c(N2CC[C@](C)(NC(=O)O)C2)c1-c1ccnc(C(F)(F)F)c1. The number of carbonyl (C=O) groups is 2. The number of methoxy groups -OCH3 is 1. The minimum atomic E-state index is -4.68. The van der Waals surface area contributed by atoms with Crippen LogP contribution >= 0.6 is 0 Å². The number of anilines is 1. The number of ether oxygens (including phenoxy) is 1. The average Bonchev–Trinajstić information content (AvgIpc) is 3.59. The molecule has 9 nitrogen and oxygen atoms in total. The van der Waals surface area contributed by atoms with Gasteiger partial charge in [-0.1, -0.05) is 0 Å². The fourth-order valence-corrected chi connectivity index (χ4v) is 4.65. The molecule has 12 heteroatoms. The number of halogens is 3. The van der Waals surface area contributed by atoms with E-state index in [2.05, 4.69) is 20.6 Å². The Hall–Kier alpha value is -3.57. The van der Waals surface area contributed by atoms with E-state index in [4.69, 9.17) is 4.74 Å². The highest BCUT2D eigenvalue weighted by atomic mass is 19.4. The van der Waals surface area contributed by atoms with Crippen molar-refractivity contribution < 1.29 is 32.6 Å². The lowest BCUT2D eigenvalue weighted by atomic mass is 9.99. The van der Waals surface area contributed by atoms with Crippen LogP contribution in [-0.2, 0) is 6.18 Å². The summed E-state index contributed by atoms with van der Waals surface area (Å²) < 4.78 is 45.9. The van der Waals surface area contributed by atoms with Gasteiger partial charge in [-0.2, -0.15) is 13.2 Å². The third-order valence-electron chi connectivity index (χ3n) is 6.68. The lowest BCUT2D eigenvalue weighted by Gasteiger charge is -2.29. The third kappa shape index (κ3) is 5.31. The lowest BCUT2D eigenvalue weighted by molar-refractivity contribution is -0.141. The second kappa shape index (κ2) is 9.47. The Morgan fingerprint density at radius 2 is 2.03 bits per heavy atom. The zero-order chi connectivity index (χ0) is 26.3. The number of carboxylic acid groups (broad SMARTS) is 1. The molecule has 2 aliphatic rings. The maximum atomic E-state index is 13.5. The van der Waals surface area contributed by atoms with Crippen LogP contribution in [0.1, 0.15) is 49.2 Å². The van der Waals surface area contributed by atoms with Crippen LogP contribution in [0.2, 0.25) is 0 Å². The molecule has 3 N–H and O–H groups in total. The number of aromatic nitrogens is 2. The standard InChI is InChI=1S/C24H28F3N5O4/c1-13(14-4-5-14)30-20(33)16-11-29-21(36-3)18(15-6-8-28-17(10-15)24(25,26)27)19(16)32-9-7-23(2,12-32)31-22(34)35/h6,8,10-11,13-14,31H,4-5,7,9,12H2,1-3H3,(H,30,33)(H,34,35)/t13?,23-/m0/s1. The smallest absolute Gasteiger partial charge is 0.433 e. The molecule has 1 saturated heterocycles. The minimum Gasteiger partial charge on any atom is -0.480 e. The fraction of sp³-hybridized carbons (Fsp3) is 0.500. The maximum absolute atomic E-state index is 13.5. The molecule has 2 amide bonds. The molecule has 2 aromatic rings. The van der Waals surface area contributed by atoms with Gasteiger partial charge in [-0.25, -0.2) is 9.78 Å². The molecule has 1 aliphatic carbocycles. The lowest BCUT2D eigenvalue weighted by Crippen LogP contribution is -2.47. The van der Waals surface area contributed by atoms with E-state index in [0.29, 0.717) is 24.6 Å². The van der Waals surface area contributed by atoms with E-state index in [1.807, 2.05) is 6.92 Å². The van der Waals surface area contributed by atoms with Gasteiger partial charge in [-0.15, -0.1) is 0 Å². The number of rotatable bonds is 7. The molecule has 1 aliphatic heterocycles. The maximum Gasteiger partial charge on any atom is 0.433 e. The van der Waals surface area contributed by atoms with E-state index in [9.17, 15) is 27.9 Å². The minimum absolute atomic E-state index is 0.0379. The number of nitrogens with one attached hydrogen (secondary N) is 2. The van der Waals surface area contributed by atoms with Crippen LogP contribution in [-0.4, -0.2) is 58.9 Å². The Morgan fingerprint density at radius 1 is 1.31 bits per heavy atom. The largest absolute Gasteiger partial charge is 0.480 e. The third-order valence-corrected chi connectivity index (χ3v) is 6.68. The van der Waals surface area contributed by atoms with E-state index >= 15 is 0 Å². The molecule has 2 fully saturated rings. The quantitative estimate of drug-likeness (QED) is 0.520. The first-order chi connectivity index (χ1) is 16.9. The van der Waals surface area contributed by atoms with Crippen LogP contribution in [0, 0.1) is 5.92 Å². The van der Waals surface area contributed by atoms with Gasteiger partial charge in [0.25, 0.3) is 5.91 Å². The molecule has 0 spiro atoms. The van der Waals surface area contributed by atoms with E-state index in [0.717, 1.165) is 25.1 Å². The van der Waals surface area contributed by atoms with Crippen LogP contribution in [0.5, 0.6) is 5.88 Å². The van der Waals surface area contributed by atoms with Crippen molar-refractivity contribution in [2.75, 3.05) is 25.1 Å². The zero-order valence-corrected chi connectivity index (χ0v) is 20.1. The summed E-state index contributed by atoms with van der Waals surface area (Å²) in [5.41, 5.74) is -1.09. The van der Waals surface area contributed by atoms with Crippen molar-refractivity contribution in [2.24, 2.45) is 5.92 Å². The Kier molecular flexibility index (Phi) is 6.72. The van der Waals surface area contributed by atoms with Crippen molar-refractivity contribution >= 4 is 17.7 Å². The summed E-state index contributed by atoms with van der Waals surface area (Å²) in [7, 11) is 1.34. The van der Waals surface area contributed by atoms with Gasteiger partial charge in [0.2, 0.25) is 5.88 Å². The molecule has 0 aromatic carbocycles. The van der Waals surface area contributed by atoms with Crippen LogP contribution in [0.4, 0.5) is 23.7 Å². The van der Waals surface area contributed by atoms with Gasteiger partial charge >= 0.3 is 12.3 Å². The summed E-state index contributed by atoms with van der Waals surface area (Å²) in [5.74, 6) is 0.00841. The highest BCUT2D eigenvalue weighted by Crippen LogP contribution is 2.43. The van der Waals surface area contributed by atoms with Crippen molar-refractivity contribution in [2.45, 2.75) is 50.9 Å². The van der Waals surface area contributed by atoms with Gasteiger partial charge in [0, 0.05) is 31.5 Å². The van der Waals surface area contributed by atoms with Crippen LogP contribution in [0.15, 0.2) is 24.5 Å². The van der Waals surface area contributed by atoms with Crippen molar-refractivity contribution in [1.29, 1.82) is 0 Å². The molecule has 1 unspecified atom stereocenters. The summed E-state index contributed by atoms with van der Waals surface area (Å²) in [5, 5.41) is 14.8. The molecular weight excluding hydrogens is 479 g/mol. The van der Waals surface area contributed by atoms with Crippen LogP contribution in [0.25, 0.3) is 11.1 Å². The predicted octanol–water partition coefficient (Wildman–Crippen LogP) is 3.94. The fourth-order valence-electron chi connectivity index (χ4n) is 4.65. The van der Waals surface area contributed by atoms with Gasteiger partial charge in [-0.05, 0) is 56.7 Å². The van der Waals surface area contributed by atoms with Crippen molar-refractivity contribution in [3.8, 4) is 17.0 Å². The number of pyridine rings is 2. The molecule has 194 valence electrons. The van der Waals surface area contributed by atoms with E-state index in [1.165, 1.54) is 19.4 Å². The van der Waals surface area contributed by atoms with E-state index in [1.54, 1.807) is 11.8 Å². The Bertz CT molecular complexity index is 1170. The number of carbonyl (C=O) groups excluding carboxylic acids is 1.